The van der Waals surface area contributed by atoms with Crippen molar-refractivity contribution in [1.82, 2.24) is 10.2 Å². The zero-order chi connectivity index (χ0) is 19.4. The SMILES string of the molecule is Cc1cc(C)cc(CSc2nnc(NC(=O)c3cccc([N+](=O)[O-])c3)s2)c1. The highest BCUT2D eigenvalue weighted by Gasteiger charge is 2.14. The van der Waals surface area contributed by atoms with Crippen LogP contribution >= 0.6 is 23.1 Å². The Kier molecular flexibility index (Phi) is 5.82. The van der Waals surface area contributed by atoms with Crippen LogP contribution in [0.1, 0.15) is 27.0 Å². The molecule has 7 nitrogen and oxygen atoms in total. The summed E-state index contributed by atoms with van der Waals surface area (Å²) in [5.74, 6) is 0.302. The van der Waals surface area contributed by atoms with Crippen LogP contribution in [0.15, 0.2) is 46.8 Å². The van der Waals surface area contributed by atoms with E-state index >= 15 is 0 Å². The number of rotatable bonds is 6. The number of carbonyl (C=O) groups excluding carboxylic acids is 1. The van der Waals surface area contributed by atoms with Gasteiger partial charge >= 0.3 is 0 Å². The van der Waals surface area contributed by atoms with Gasteiger partial charge in [0, 0.05) is 23.4 Å². The lowest BCUT2D eigenvalue weighted by Crippen LogP contribution is -2.11. The minimum atomic E-state index is -0.538. The Labute approximate surface area is 164 Å². The van der Waals surface area contributed by atoms with E-state index in [-0.39, 0.29) is 11.3 Å². The third-order valence-electron chi connectivity index (χ3n) is 3.59. The number of hydrogen-bond donors (Lipinski definition) is 1. The van der Waals surface area contributed by atoms with Crippen molar-refractivity contribution in [3.8, 4) is 0 Å². The van der Waals surface area contributed by atoms with E-state index in [1.54, 1.807) is 11.8 Å². The molecular formula is C18H16N4O3S2. The number of hydrogen-bond acceptors (Lipinski definition) is 7. The summed E-state index contributed by atoms with van der Waals surface area (Å²) in [5, 5.41) is 21.9. The predicted octanol–water partition coefficient (Wildman–Crippen LogP) is 4.61. The minimum Gasteiger partial charge on any atom is -0.296 e. The van der Waals surface area contributed by atoms with E-state index in [0.717, 1.165) is 10.1 Å². The fourth-order valence-electron chi connectivity index (χ4n) is 2.55. The molecule has 3 aromatic rings. The van der Waals surface area contributed by atoms with Crippen LogP contribution in [0, 0.1) is 24.0 Å². The van der Waals surface area contributed by atoms with E-state index in [1.165, 1.54) is 52.3 Å². The van der Waals surface area contributed by atoms with Gasteiger partial charge < -0.3 is 0 Å². The molecule has 0 bridgehead atoms. The quantitative estimate of drug-likeness (QED) is 0.281. The lowest BCUT2D eigenvalue weighted by atomic mass is 10.1. The van der Waals surface area contributed by atoms with E-state index in [9.17, 15) is 14.9 Å². The van der Waals surface area contributed by atoms with Gasteiger partial charge in [0.1, 0.15) is 0 Å². The number of thioether (sulfide) groups is 1. The van der Waals surface area contributed by atoms with Gasteiger partial charge in [0.05, 0.1) is 4.92 Å². The van der Waals surface area contributed by atoms with Crippen LogP contribution in [0.2, 0.25) is 0 Å². The molecule has 0 spiro atoms. The molecule has 0 fully saturated rings. The van der Waals surface area contributed by atoms with Gasteiger partial charge in [-0.3, -0.25) is 20.2 Å². The summed E-state index contributed by atoms with van der Waals surface area (Å²) >= 11 is 2.81. The Bertz CT molecular complexity index is 984. The second kappa shape index (κ2) is 8.28. The Hall–Kier alpha value is -2.78. The number of nitrogens with one attached hydrogen (secondary N) is 1. The van der Waals surface area contributed by atoms with Crippen molar-refractivity contribution in [3.05, 3.63) is 74.8 Å². The van der Waals surface area contributed by atoms with Crippen molar-refractivity contribution in [1.29, 1.82) is 0 Å². The summed E-state index contributed by atoms with van der Waals surface area (Å²) in [5.41, 5.74) is 3.70. The molecule has 0 radical (unpaired) electrons. The lowest BCUT2D eigenvalue weighted by Gasteiger charge is -2.03. The van der Waals surface area contributed by atoms with Gasteiger partial charge in [-0.25, -0.2) is 0 Å². The molecule has 0 unspecified atom stereocenters. The number of benzene rings is 2. The normalized spacial score (nSPS) is 10.6. The van der Waals surface area contributed by atoms with E-state index in [4.69, 9.17) is 0 Å². The fourth-order valence-corrected chi connectivity index (χ4v) is 4.22. The first-order chi connectivity index (χ1) is 12.9. The number of carbonyl (C=O) groups is 1. The van der Waals surface area contributed by atoms with E-state index < -0.39 is 10.8 Å². The van der Waals surface area contributed by atoms with Crippen molar-refractivity contribution in [2.75, 3.05) is 5.32 Å². The van der Waals surface area contributed by atoms with Crippen molar-refractivity contribution in [2.24, 2.45) is 0 Å². The van der Waals surface area contributed by atoms with Crippen LogP contribution in [0.3, 0.4) is 0 Å². The summed E-state index contributed by atoms with van der Waals surface area (Å²) in [6.45, 7) is 4.13. The van der Waals surface area contributed by atoms with Crippen LogP contribution < -0.4 is 5.32 Å². The molecule has 0 aliphatic heterocycles. The summed E-state index contributed by atoms with van der Waals surface area (Å²) in [6.07, 6.45) is 0. The first-order valence-electron chi connectivity index (χ1n) is 8.00. The summed E-state index contributed by atoms with van der Waals surface area (Å²) < 4.78 is 0.739. The molecule has 9 heteroatoms. The van der Waals surface area contributed by atoms with Gasteiger partial charge in [0.2, 0.25) is 5.13 Å². The zero-order valence-corrected chi connectivity index (χ0v) is 16.3. The van der Waals surface area contributed by atoms with Crippen molar-refractivity contribution < 1.29 is 9.72 Å². The standard InChI is InChI=1S/C18H16N4O3S2/c1-11-6-12(2)8-13(7-11)10-26-18-21-20-17(27-18)19-16(23)14-4-3-5-15(9-14)22(24)25/h3-9H,10H2,1-2H3,(H,19,20,23). The fraction of sp³-hybridized carbons (Fsp3) is 0.167. The average molecular weight is 400 g/mol. The minimum absolute atomic E-state index is 0.135. The first-order valence-corrected chi connectivity index (χ1v) is 9.80. The van der Waals surface area contributed by atoms with Crippen LogP contribution in [-0.2, 0) is 5.75 Å². The van der Waals surface area contributed by atoms with Gasteiger partial charge in [0.25, 0.3) is 11.6 Å². The van der Waals surface area contributed by atoms with Gasteiger partial charge in [0.15, 0.2) is 4.34 Å². The number of nitro groups is 1. The summed E-state index contributed by atoms with van der Waals surface area (Å²) in [6, 6.07) is 11.9. The van der Waals surface area contributed by atoms with Crippen LogP contribution in [-0.4, -0.2) is 21.0 Å². The maximum absolute atomic E-state index is 12.3. The van der Waals surface area contributed by atoms with Gasteiger partial charge in [-0.2, -0.15) is 0 Å². The molecule has 138 valence electrons. The largest absolute Gasteiger partial charge is 0.296 e. The van der Waals surface area contributed by atoms with E-state index in [1.807, 2.05) is 0 Å². The molecule has 0 atom stereocenters. The molecule has 0 aliphatic rings. The number of nitrogens with zero attached hydrogens (tertiary/aromatic N) is 3. The van der Waals surface area contributed by atoms with Crippen molar-refractivity contribution in [2.45, 2.75) is 23.9 Å². The Balaban J connectivity index is 1.63. The first kappa shape index (κ1) is 19.0. The third kappa shape index (κ3) is 5.11. The van der Waals surface area contributed by atoms with Crippen LogP contribution in [0.25, 0.3) is 0 Å². The molecule has 0 saturated carbocycles. The number of nitro benzene ring substituents is 1. The topological polar surface area (TPSA) is 98.0 Å². The molecule has 1 heterocycles. The molecule has 27 heavy (non-hydrogen) atoms. The Morgan fingerprint density at radius 3 is 2.63 bits per heavy atom. The van der Waals surface area contributed by atoms with Gasteiger partial charge in [-0.1, -0.05) is 58.5 Å². The number of amides is 1. The number of aromatic nitrogens is 2. The smallest absolute Gasteiger partial charge is 0.270 e. The van der Waals surface area contributed by atoms with Crippen molar-refractivity contribution >= 4 is 39.8 Å². The summed E-state index contributed by atoms with van der Waals surface area (Å²) in [4.78, 5) is 22.5. The second-order valence-electron chi connectivity index (χ2n) is 5.92. The van der Waals surface area contributed by atoms with Crippen LogP contribution in [0.4, 0.5) is 10.8 Å². The molecule has 1 aromatic heterocycles. The molecule has 1 amide bonds. The maximum atomic E-state index is 12.3. The van der Waals surface area contributed by atoms with Crippen LogP contribution in [0.5, 0.6) is 0 Å². The molecule has 0 saturated heterocycles. The highest BCUT2D eigenvalue weighted by atomic mass is 32.2. The summed E-state index contributed by atoms with van der Waals surface area (Å²) in [7, 11) is 0. The third-order valence-corrected chi connectivity index (χ3v) is 5.63. The predicted molar refractivity (Wildman–Crippen MR) is 106 cm³/mol. The molecular weight excluding hydrogens is 384 g/mol. The molecule has 1 N–H and O–H groups in total. The van der Waals surface area contributed by atoms with Gasteiger partial charge in [-0.05, 0) is 25.5 Å². The van der Waals surface area contributed by atoms with E-state index in [2.05, 4.69) is 47.6 Å². The molecule has 2 aromatic carbocycles. The highest BCUT2D eigenvalue weighted by molar-refractivity contribution is 8.00. The maximum Gasteiger partial charge on any atom is 0.270 e. The number of aryl methyl sites for hydroxylation is 2. The van der Waals surface area contributed by atoms with E-state index in [0.29, 0.717) is 5.13 Å². The average Bonchev–Trinajstić information content (AvgIpc) is 3.06. The highest BCUT2D eigenvalue weighted by Crippen LogP contribution is 2.29. The van der Waals surface area contributed by atoms with Crippen molar-refractivity contribution in [3.63, 3.8) is 0 Å². The molecule has 0 aliphatic carbocycles. The van der Waals surface area contributed by atoms with Gasteiger partial charge in [-0.15, -0.1) is 10.2 Å². The molecule has 3 rings (SSSR count). The zero-order valence-electron chi connectivity index (χ0n) is 14.6. The monoisotopic (exact) mass is 400 g/mol. The Morgan fingerprint density at radius 2 is 1.93 bits per heavy atom. The lowest BCUT2D eigenvalue weighted by molar-refractivity contribution is -0.384. The second-order valence-corrected chi connectivity index (χ2v) is 8.12. The Morgan fingerprint density at radius 1 is 1.19 bits per heavy atom. The number of non-ortho nitro benzene ring substituents is 1. The number of anilines is 1.